The van der Waals surface area contributed by atoms with Gasteiger partial charge in [0, 0.05) is 21.9 Å². The molecule has 0 saturated heterocycles. The molecule has 2 aromatic carbocycles. The van der Waals surface area contributed by atoms with Crippen LogP contribution in [-0.2, 0) is 0 Å². The average molecular weight is 439 g/mol. The molecule has 0 bridgehead atoms. The Morgan fingerprint density at radius 1 is 1.00 bits per heavy atom. The fourth-order valence-corrected chi connectivity index (χ4v) is 2.87. The molecule has 6 heteroatoms. The van der Waals surface area contributed by atoms with Crippen molar-refractivity contribution in [2.24, 2.45) is 0 Å². The maximum Gasteiger partial charge on any atom is 0.257 e. The molecule has 0 unspecified atom stereocenters. The van der Waals surface area contributed by atoms with Gasteiger partial charge in [0.25, 0.3) is 5.91 Å². The highest BCUT2D eigenvalue weighted by atomic mass is 79.9. The third kappa shape index (κ3) is 5.04. The van der Waals surface area contributed by atoms with E-state index in [1.165, 1.54) is 13.1 Å². The van der Waals surface area contributed by atoms with Gasteiger partial charge in [0.05, 0.1) is 11.8 Å². The summed E-state index contributed by atoms with van der Waals surface area (Å²) in [5, 5.41) is 2.83. The minimum atomic E-state index is -0.265. The Balaban J connectivity index is 1.69. The van der Waals surface area contributed by atoms with Crippen LogP contribution < -0.4 is 10.1 Å². The van der Waals surface area contributed by atoms with Crippen LogP contribution in [0.4, 0.5) is 5.69 Å². The zero-order valence-electron chi connectivity index (χ0n) is 15.5. The third-order valence-electron chi connectivity index (χ3n) is 4.18. The molecule has 5 nitrogen and oxygen atoms in total. The summed E-state index contributed by atoms with van der Waals surface area (Å²) < 4.78 is 6.86. The lowest BCUT2D eigenvalue weighted by atomic mass is 10.1. The summed E-state index contributed by atoms with van der Waals surface area (Å²) in [7, 11) is 0. The molecule has 1 amide bonds. The Morgan fingerprint density at radius 2 is 1.68 bits per heavy atom. The highest BCUT2D eigenvalue weighted by Gasteiger charge is 2.12. The van der Waals surface area contributed by atoms with Gasteiger partial charge < -0.3 is 10.1 Å². The number of rotatable bonds is 6. The lowest BCUT2D eigenvalue weighted by Gasteiger charge is -2.15. The zero-order valence-corrected chi connectivity index (χ0v) is 17.1. The maximum absolute atomic E-state index is 12.5. The second kappa shape index (κ2) is 8.80. The number of benzene rings is 2. The van der Waals surface area contributed by atoms with E-state index in [9.17, 15) is 9.59 Å². The molecule has 3 aromatic rings. The molecule has 142 valence electrons. The summed E-state index contributed by atoms with van der Waals surface area (Å²) in [6.07, 6.45) is 2.80. The molecule has 0 saturated carbocycles. The van der Waals surface area contributed by atoms with E-state index in [2.05, 4.69) is 26.2 Å². The Bertz CT molecular complexity index is 985. The highest BCUT2D eigenvalue weighted by Crippen LogP contribution is 2.23. The first-order valence-corrected chi connectivity index (χ1v) is 9.51. The Kier molecular flexibility index (Phi) is 6.21. The monoisotopic (exact) mass is 438 g/mol. The molecule has 0 aliphatic carbocycles. The maximum atomic E-state index is 12.5. The molecule has 1 N–H and O–H groups in total. The van der Waals surface area contributed by atoms with Crippen molar-refractivity contribution in [3.05, 3.63) is 88.2 Å². The SMILES string of the molecule is CC(=O)c1ccc([C@H](C)Oc2cncc(C(=O)Nc3ccc(Br)cc3)c2)cc1. The van der Waals surface area contributed by atoms with Gasteiger partial charge in [-0.2, -0.15) is 0 Å². The Hall–Kier alpha value is -2.99. The molecule has 1 atom stereocenters. The quantitative estimate of drug-likeness (QED) is 0.520. The smallest absolute Gasteiger partial charge is 0.257 e. The van der Waals surface area contributed by atoms with Gasteiger partial charge >= 0.3 is 0 Å². The van der Waals surface area contributed by atoms with E-state index in [-0.39, 0.29) is 17.8 Å². The molecule has 0 aliphatic rings. The standard InChI is InChI=1S/C22H19BrN2O3/c1-14(26)16-3-5-17(6-4-16)15(2)28-21-11-18(12-24-13-21)22(27)25-20-9-7-19(23)8-10-20/h3-13,15H,1-2H3,(H,25,27)/t15-/m0/s1. The average Bonchev–Trinajstić information content (AvgIpc) is 2.70. The van der Waals surface area contributed by atoms with Crippen LogP contribution in [-0.4, -0.2) is 16.7 Å². The van der Waals surface area contributed by atoms with E-state index in [0.29, 0.717) is 22.6 Å². The lowest BCUT2D eigenvalue weighted by molar-refractivity contribution is 0.101. The summed E-state index contributed by atoms with van der Waals surface area (Å²) in [6, 6.07) is 16.2. The number of hydrogen-bond donors (Lipinski definition) is 1. The largest absolute Gasteiger partial charge is 0.484 e. The molecular formula is C22H19BrN2O3. The Morgan fingerprint density at radius 3 is 2.32 bits per heavy atom. The van der Waals surface area contributed by atoms with Crippen molar-refractivity contribution in [3.8, 4) is 5.75 Å². The highest BCUT2D eigenvalue weighted by molar-refractivity contribution is 9.10. The van der Waals surface area contributed by atoms with E-state index in [4.69, 9.17) is 4.74 Å². The molecule has 0 fully saturated rings. The number of nitrogens with one attached hydrogen (secondary N) is 1. The number of pyridine rings is 1. The van der Waals surface area contributed by atoms with Gasteiger partial charge in [-0.3, -0.25) is 14.6 Å². The van der Waals surface area contributed by atoms with Crippen LogP contribution in [0.1, 0.15) is 46.2 Å². The number of nitrogens with zero attached hydrogens (tertiary/aromatic N) is 1. The predicted octanol–water partition coefficient (Wildman–Crippen LogP) is 5.44. The number of ether oxygens (including phenoxy) is 1. The number of hydrogen-bond acceptors (Lipinski definition) is 4. The van der Waals surface area contributed by atoms with Crippen molar-refractivity contribution < 1.29 is 14.3 Å². The van der Waals surface area contributed by atoms with Crippen molar-refractivity contribution in [2.75, 3.05) is 5.32 Å². The lowest BCUT2D eigenvalue weighted by Crippen LogP contribution is -2.12. The van der Waals surface area contributed by atoms with Crippen LogP contribution in [0.5, 0.6) is 5.75 Å². The van der Waals surface area contributed by atoms with Gasteiger partial charge in [0.1, 0.15) is 11.9 Å². The molecule has 0 radical (unpaired) electrons. The van der Waals surface area contributed by atoms with Gasteiger partial charge in [-0.05, 0) is 49.7 Å². The fraction of sp³-hybridized carbons (Fsp3) is 0.136. The normalized spacial score (nSPS) is 11.5. The van der Waals surface area contributed by atoms with Crippen molar-refractivity contribution in [2.45, 2.75) is 20.0 Å². The summed E-state index contributed by atoms with van der Waals surface area (Å²) in [6.45, 7) is 3.43. The fourth-order valence-electron chi connectivity index (χ4n) is 2.60. The summed E-state index contributed by atoms with van der Waals surface area (Å²) >= 11 is 3.36. The summed E-state index contributed by atoms with van der Waals surface area (Å²) in [4.78, 5) is 28.0. The van der Waals surface area contributed by atoms with E-state index in [1.54, 1.807) is 24.4 Å². The molecule has 1 heterocycles. The molecule has 3 rings (SSSR count). The van der Waals surface area contributed by atoms with E-state index < -0.39 is 0 Å². The van der Waals surface area contributed by atoms with Gasteiger partial charge in [0.2, 0.25) is 0 Å². The number of ketones is 1. The Labute approximate surface area is 171 Å². The summed E-state index contributed by atoms with van der Waals surface area (Å²) in [5.41, 5.74) is 2.68. The van der Waals surface area contributed by atoms with Crippen LogP contribution >= 0.6 is 15.9 Å². The zero-order chi connectivity index (χ0) is 20.1. The van der Waals surface area contributed by atoms with Crippen LogP contribution in [0.2, 0.25) is 0 Å². The number of carbonyl (C=O) groups is 2. The first-order chi connectivity index (χ1) is 13.4. The number of Topliss-reactive ketones (excluding diaryl/α,β-unsaturated/α-hetero) is 1. The molecular weight excluding hydrogens is 420 g/mol. The van der Waals surface area contributed by atoms with Crippen molar-refractivity contribution in [3.63, 3.8) is 0 Å². The predicted molar refractivity (Wildman–Crippen MR) is 112 cm³/mol. The molecule has 0 spiro atoms. The van der Waals surface area contributed by atoms with Crippen LogP contribution in [0.3, 0.4) is 0 Å². The van der Waals surface area contributed by atoms with E-state index in [1.807, 2.05) is 43.3 Å². The number of amides is 1. The van der Waals surface area contributed by atoms with Crippen LogP contribution in [0.15, 0.2) is 71.5 Å². The van der Waals surface area contributed by atoms with Gasteiger partial charge in [-0.1, -0.05) is 40.2 Å². The van der Waals surface area contributed by atoms with Gasteiger partial charge in [0.15, 0.2) is 5.78 Å². The molecule has 28 heavy (non-hydrogen) atoms. The van der Waals surface area contributed by atoms with Gasteiger partial charge in [-0.25, -0.2) is 0 Å². The van der Waals surface area contributed by atoms with Crippen molar-refractivity contribution >= 4 is 33.3 Å². The second-order valence-electron chi connectivity index (χ2n) is 6.31. The van der Waals surface area contributed by atoms with Crippen LogP contribution in [0.25, 0.3) is 0 Å². The van der Waals surface area contributed by atoms with Gasteiger partial charge in [-0.15, -0.1) is 0 Å². The molecule has 0 aliphatic heterocycles. The first-order valence-electron chi connectivity index (χ1n) is 8.72. The van der Waals surface area contributed by atoms with Crippen molar-refractivity contribution in [1.82, 2.24) is 4.98 Å². The number of halogens is 1. The summed E-state index contributed by atoms with van der Waals surface area (Å²) in [5.74, 6) is 0.249. The number of anilines is 1. The van der Waals surface area contributed by atoms with Crippen molar-refractivity contribution in [1.29, 1.82) is 0 Å². The molecule has 1 aromatic heterocycles. The second-order valence-corrected chi connectivity index (χ2v) is 7.22. The first kappa shape index (κ1) is 19.8. The van der Waals surface area contributed by atoms with Crippen LogP contribution in [0, 0.1) is 0 Å². The minimum absolute atomic E-state index is 0.0220. The topological polar surface area (TPSA) is 68.3 Å². The number of aromatic nitrogens is 1. The number of carbonyl (C=O) groups excluding carboxylic acids is 2. The van der Waals surface area contributed by atoms with E-state index in [0.717, 1.165) is 10.0 Å². The van der Waals surface area contributed by atoms with E-state index >= 15 is 0 Å². The minimum Gasteiger partial charge on any atom is -0.484 e. The third-order valence-corrected chi connectivity index (χ3v) is 4.71.